The zero-order valence-electron chi connectivity index (χ0n) is 12.5. The molecule has 0 fully saturated rings. The zero-order valence-corrected chi connectivity index (χ0v) is 13.3. The molecule has 2 heterocycles. The van der Waals surface area contributed by atoms with Gasteiger partial charge in [-0.3, -0.25) is 9.48 Å². The Bertz CT molecular complexity index is 760. The first kappa shape index (κ1) is 14.5. The van der Waals surface area contributed by atoms with Crippen LogP contribution in [0.3, 0.4) is 0 Å². The number of carbonyl (C=O) groups is 1. The van der Waals surface area contributed by atoms with E-state index in [1.165, 1.54) is 5.56 Å². The number of amides is 1. The van der Waals surface area contributed by atoms with Gasteiger partial charge in [0.05, 0.1) is 17.8 Å². The summed E-state index contributed by atoms with van der Waals surface area (Å²) in [4.78, 5) is 13.6. The Kier molecular flexibility index (Phi) is 4.06. The second kappa shape index (κ2) is 6.15. The molecular weight excluding hydrogens is 294 g/mol. The predicted octanol–water partition coefficient (Wildman–Crippen LogP) is 3.31. The van der Waals surface area contributed by atoms with E-state index in [-0.39, 0.29) is 11.9 Å². The Morgan fingerprint density at radius 3 is 2.64 bits per heavy atom. The molecule has 1 unspecified atom stereocenters. The smallest absolute Gasteiger partial charge is 0.255 e. The van der Waals surface area contributed by atoms with Crippen LogP contribution in [0.5, 0.6) is 0 Å². The van der Waals surface area contributed by atoms with Crippen molar-refractivity contribution >= 4 is 17.2 Å². The van der Waals surface area contributed by atoms with Crippen molar-refractivity contribution in [2.45, 2.75) is 13.0 Å². The van der Waals surface area contributed by atoms with Gasteiger partial charge in [0.25, 0.3) is 5.91 Å². The van der Waals surface area contributed by atoms with E-state index in [9.17, 15) is 4.79 Å². The molecule has 5 heteroatoms. The number of carbonyl (C=O) groups excluding carboxylic acids is 1. The maximum atomic E-state index is 12.4. The standard InChI is InChI=1S/C17H17N3OS/c1-12-5-7-13(8-6-12)16(15-4-3-9-22-15)19-17(21)14-10-18-20(2)11-14/h3-11,16H,1-2H3,(H,19,21). The van der Waals surface area contributed by atoms with Crippen molar-refractivity contribution in [2.75, 3.05) is 0 Å². The number of nitrogens with zero attached hydrogens (tertiary/aromatic N) is 2. The third-order valence-corrected chi connectivity index (χ3v) is 4.42. The third-order valence-electron chi connectivity index (χ3n) is 3.48. The fraction of sp³-hybridized carbons (Fsp3) is 0.176. The number of hydrogen-bond acceptors (Lipinski definition) is 3. The van der Waals surface area contributed by atoms with Crippen molar-refractivity contribution in [1.82, 2.24) is 15.1 Å². The maximum absolute atomic E-state index is 12.4. The molecule has 0 aliphatic heterocycles. The monoisotopic (exact) mass is 311 g/mol. The topological polar surface area (TPSA) is 46.9 Å². The van der Waals surface area contributed by atoms with Gasteiger partial charge in [0.1, 0.15) is 0 Å². The van der Waals surface area contributed by atoms with Crippen molar-refractivity contribution in [3.63, 3.8) is 0 Å². The summed E-state index contributed by atoms with van der Waals surface area (Å²) < 4.78 is 1.63. The van der Waals surface area contributed by atoms with Crippen molar-refractivity contribution in [1.29, 1.82) is 0 Å². The number of hydrogen-bond donors (Lipinski definition) is 1. The average Bonchev–Trinajstić information content (AvgIpc) is 3.17. The number of thiophene rings is 1. The van der Waals surface area contributed by atoms with E-state index in [0.717, 1.165) is 10.4 Å². The lowest BCUT2D eigenvalue weighted by molar-refractivity contribution is 0.0943. The number of rotatable bonds is 4. The normalized spacial score (nSPS) is 12.1. The number of aromatic nitrogens is 2. The fourth-order valence-corrected chi connectivity index (χ4v) is 3.09. The first-order chi connectivity index (χ1) is 10.6. The first-order valence-electron chi connectivity index (χ1n) is 7.03. The van der Waals surface area contributed by atoms with E-state index in [4.69, 9.17) is 0 Å². The van der Waals surface area contributed by atoms with E-state index >= 15 is 0 Å². The second-order valence-corrected chi connectivity index (χ2v) is 6.21. The lowest BCUT2D eigenvalue weighted by Crippen LogP contribution is -2.28. The quantitative estimate of drug-likeness (QED) is 0.803. The molecular formula is C17H17N3OS. The van der Waals surface area contributed by atoms with Crippen molar-refractivity contribution in [3.8, 4) is 0 Å². The molecule has 0 aliphatic rings. The molecule has 0 radical (unpaired) electrons. The van der Waals surface area contributed by atoms with Crippen LogP contribution in [0.2, 0.25) is 0 Å². The molecule has 1 atom stereocenters. The Morgan fingerprint density at radius 2 is 2.05 bits per heavy atom. The molecule has 0 bridgehead atoms. The Balaban J connectivity index is 1.89. The number of aryl methyl sites for hydroxylation is 2. The largest absolute Gasteiger partial charge is 0.340 e. The van der Waals surface area contributed by atoms with E-state index in [1.807, 2.05) is 17.5 Å². The first-order valence-corrected chi connectivity index (χ1v) is 7.91. The van der Waals surface area contributed by atoms with Crippen LogP contribution >= 0.6 is 11.3 Å². The van der Waals surface area contributed by atoms with E-state index in [2.05, 4.69) is 41.6 Å². The van der Waals surface area contributed by atoms with Gasteiger partial charge >= 0.3 is 0 Å². The summed E-state index contributed by atoms with van der Waals surface area (Å²) in [6, 6.07) is 12.1. The van der Waals surface area contributed by atoms with Gasteiger partial charge in [-0.05, 0) is 23.9 Å². The molecule has 22 heavy (non-hydrogen) atoms. The lowest BCUT2D eigenvalue weighted by atomic mass is 10.0. The second-order valence-electron chi connectivity index (χ2n) is 5.24. The van der Waals surface area contributed by atoms with Crippen LogP contribution in [0, 0.1) is 6.92 Å². The van der Waals surface area contributed by atoms with E-state index in [1.54, 1.807) is 35.5 Å². The van der Waals surface area contributed by atoms with Gasteiger partial charge in [-0.2, -0.15) is 5.10 Å². The van der Waals surface area contributed by atoms with Crippen molar-refractivity contribution < 1.29 is 4.79 Å². The van der Waals surface area contributed by atoms with Gasteiger partial charge in [0.15, 0.2) is 0 Å². The van der Waals surface area contributed by atoms with Crippen LogP contribution in [0.4, 0.5) is 0 Å². The van der Waals surface area contributed by atoms with Crippen LogP contribution < -0.4 is 5.32 Å². The van der Waals surface area contributed by atoms with Crippen LogP contribution in [0.15, 0.2) is 54.2 Å². The lowest BCUT2D eigenvalue weighted by Gasteiger charge is -2.18. The minimum atomic E-state index is -0.145. The van der Waals surface area contributed by atoms with Crippen LogP contribution in [-0.2, 0) is 7.05 Å². The maximum Gasteiger partial charge on any atom is 0.255 e. The van der Waals surface area contributed by atoms with Crippen LogP contribution in [0.25, 0.3) is 0 Å². The average molecular weight is 311 g/mol. The van der Waals surface area contributed by atoms with E-state index < -0.39 is 0 Å². The molecule has 0 aliphatic carbocycles. The summed E-state index contributed by atoms with van der Waals surface area (Å²) in [6.07, 6.45) is 3.30. The summed E-state index contributed by atoms with van der Waals surface area (Å²) in [5, 5.41) is 9.17. The molecule has 0 spiro atoms. The molecule has 3 aromatic rings. The van der Waals surface area contributed by atoms with Gasteiger partial charge in [0, 0.05) is 18.1 Å². The molecule has 1 aromatic carbocycles. The molecule has 112 valence electrons. The molecule has 2 aromatic heterocycles. The summed E-state index contributed by atoms with van der Waals surface area (Å²) in [6.45, 7) is 2.05. The minimum Gasteiger partial charge on any atom is -0.340 e. The predicted molar refractivity (Wildman–Crippen MR) is 88.0 cm³/mol. The molecule has 4 nitrogen and oxygen atoms in total. The van der Waals surface area contributed by atoms with Gasteiger partial charge < -0.3 is 5.32 Å². The number of nitrogens with one attached hydrogen (secondary N) is 1. The Labute approximate surface area is 133 Å². The van der Waals surface area contributed by atoms with Crippen molar-refractivity contribution in [3.05, 3.63) is 75.7 Å². The zero-order chi connectivity index (χ0) is 15.5. The number of benzene rings is 1. The highest BCUT2D eigenvalue weighted by molar-refractivity contribution is 7.10. The molecule has 0 saturated heterocycles. The van der Waals surface area contributed by atoms with Gasteiger partial charge in [0.2, 0.25) is 0 Å². The highest BCUT2D eigenvalue weighted by Gasteiger charge is 2.19. The highest BCUT2D eigenvalue weighted by atomic mass is 32.1. The van der Waals surface area contributed by atoms with Gasteiger partial charge in [-0.1, -0.05) is 35.9 Å². The Hall–Kier alpha value is -2.40. The molecule has 3 rings (SSSR count). The van der Waals surface area contributed by atoms with Gasteiger partial charge in [-0.15, -0.1) is 11.3 Å². The van der Waals surface area contributed by atoms with Crippen LogP contribution in [0.1, 0.15) is 32.4 Å². The highest BCUT2D eigenvalue weighted by Crippen LogP contribution is 2.26. The third kappa shape index (κ3) is 3.09. The Morgan fingerprint density at radius 1 is 1.27 bits per heavy atom. The van der Waals surface area contributed by atoms with Gasteiger partial charge in [-0.25, -0.2) is 0 Å². The van der Waals surface area contributed by atoms with Crippen LogP contribution in [-0.4, -0.2) is 15.7 Å². The summed E-state index contributed by atoms with van der Waals surface area (Å²) in [5.74, 6) is -0.118. The SMILES string of the molecule is Cc1ccc(C(NC(=O)c2cnn(C)c2)c2cccs2)cc1. The minimum absolute atomic E-state index is 0.118. The molecule has 1 N–H and O–H groups in total. The summed E-state index contributed by atoms with van der Waals surface area (Å²) in [7, 11) is 1.80. The molecule has 0 saturated carbocycles. The molecule has 1 amide bonds. The summed E-state index contributed by atoms with van der Waals surface area (Å²) in [5.41, 5.74) is 2.84. The van der Waals surface area contributed by atoms with Crippen molar-refractivity contribution in [2.24, 2.45) is 7.05 Å². The van der Waals surface area contributed by atoms with E-state index in [0.29, 0.717) is 5.56 Å². The summed E-state index contributed by atoms with van der Waals surface area (Å²) >= 11 is 1.64. The fourth-order valence-electron chi connectivity index (χ4n) is 2.29.